The van der Waals surface area contributed by atoms with E-state index in [4.69, 9.17) is 5.11 Å². The van der Waals surface area contributed by atoms with Crippen LogP contribution in [0.5, 0.6) is 0 Å². The number of hydrogen-bond acceptors (Lipinski definition) is 3. The van der Waals surface area contributed by atoms with Crippen LogP contribution in [0.25, 0.3) is 0 Å². The predicted octanol–water partition coefficient (Wildman–Crippen LogP) is 1.03. The zero-order chi connectivity index (χ0) is 8.36. The average molecular weight is 212 g/mol. The third-order valence-corrected chi connectivity index (χ3v) is 1.23. The SMILES string of the molecule is Cl.NC(SC(F)(F)F)C(=O)O. The minimum atomic E-state index is -4.59. The van der Waals surface area contributed by atoms with Gasteiger partial charge in [0.25, 0.3) is 0 Å². The van der Waals surface area contributed by atoms with Crippen molar-refractivity contribution in [2.24, 2.45) is 5.73 Å². The molecule has 0 aromatic heterocycles. The molecule has 0 aromatic carbocycles. The van der Waals surface area contributed by atoms with Crippen LogP contribution in [0.15, 0.2) is 0 Å². The largest absolute Gasteiger partial charge is 0.479 e. The Morgan fingerprint density at radius 1 is 1.55 bits per heavy atom. The van der Waals surface area contributed by atoms with Crippen molar-refractivity contribution in [3.05, 3.63) is 0 Å². The van der Waals surface area contributed by atoms with Gasteiger partial charge in [-0.3, -0.25) is 0 Å². The Kier molecular flexibility index (Phi) is 5.72. The van der Waals surface area contributed by atoms with E-state index < -0.39 is 28.6 Å². The zero-order valence-corrected chi connectivity index (χ0v) is 6.59. The first-order valence-corrected chi connectivity index (χ1v) is 2.94. The summed E-state index contributed by atoms with van der Waals surface area (Å²) < 4.78 is 33.9. The Labute approximate surface area is 70.5 Å². The van der Waals surface area contributed by atoms with E-state index in [0.29, 0.717) is 0 Å². The number of alkyl halides is 3. The van der Waals surface area contributed by atoms with Crippen molar-refractivity contribution in [1.82, 2.24) is 0 Å². The van der Waals surface area contributed by atoms with Crippen LogP contribution in [-0.4, -0.2) is 22.0 Å². The van der Waals surface area contributed by atoms with Gasteiger partial charge in [-0.1, -0.05) is 0 Å². The molecule has 3 N–H and O–H groups in total. The van der Waals surface area contributed by atoms with Gasteiger partial charge < -0.3 is 10.8 Å². The van der Waals surface area contributed by atoms with Crippen molar-refractivity contribution in [3.63, 3.8) is 0 Å². The minimum Gasteiger partial charge on any atom is -0.479 e. The average Bonchev–Trinajstić information content (AvgIpc) is 1.60. The van der Waals surface area contributed by atoms with Crippen molar-refractivity contribution in [2.45, 2.75) is 10.9 Å². The number of halogens is 4. The molecule has 0 aliphatic heterocycles. The molecule has 0 saturated carbocycles. The first-order valence-electron chi connectivity index (χ1n) is 2.06. The van der Waals surface area contributed by atoms with Crippen molar-refractivity contribution < 1.29 is 23.1 Å². The van der Waals surface area contributed by atoms with Gasteiger partial charge in [0.05, 0.1) is 0 Å². The molecular weight excluding hydrogens is 207 g/mol. The summed E-state index contributed by atoms with van der Waals surface area (Å²) in [5, 5.41) is 5.97. The van der Waals surface area contributed by atoms with Gasteiger partial charge >= 0.3 is 11.5 Å². The molecule has 0 amide bonds. The second kappa shape index (κ2) is 4.68. The number of hydrogen-bond donors (Lipinski definition) is 2. The molecule has 0 aliphatic rings. The van der Waals surface area contributed by atoms with Crippen LogP contribution in [0.3, 0.4) is 0 Å². The highest BCUT2D eigenvalue weighted by atomic mass is 35.5. The standard InChI is InChI=1S/C3H4F3NO2S.ClH/c4-3(5,6)10-1(7)2(8)9;/h1H,7H2,(H,8,9);1H. The lowest BCUT2D eigenvalue weighted by Crippen LogP contribution is -2.29. The van der Waals surface area contributed by atoms with Crippen LogP contribution in [0.1, 0.15) is 0 Å². The number of carboxylic acid groups (broad SMARTS) is 1. The normalized spacial score (nSPS) is 13.5. The van der Waals surface area contributed by atoms with Gasteiger partial charge in [-0.15, -0.1) is 12.4 Å². The van der Waals surface area contributed by atoms with Gasteiger partial charge in [-0.2, -0.15) is 13.2 Å². The Hall–Kier alpha value is -0.140. The fourth-order valence-electron chi connectivity index (χ4n) is 0.194. The lowest BCUT2D eigenvalue weighted by Gasteiger charge is -2.07. The Morgan fingerprint density at radius 3 is 2.00 bits per heavy atom. The molecule has 11 heavy (non-hydrogen) atoms. The molecule has 0 heterocycles. The molecule has 1 atom stereocenters. The summed E-state index contributed by atoms with van der Waals surface area (Å²) in [6.07, 6.45) is 0. The summed E-state index contributed by atoms with van der Waals surface area (Å²) in [6.45, 7) is 0. The molecule has 8 heteroatoms. The van der Waals surface area contributed by atoms with E-state index in [1.165, 1.54) is 0 Å². The molecule has 1 unspecified atom stereocenters. The monoisotopic (exact) mass is 211 g/mol. The van der Waals surface area contributed by atoms with E-state index in [1.54, 1.807) is 0 Å². The maximum absolute atomic E-state index is 11.3. The van der Waals surface area contributed by atoms with Crippen molar-refractivity contribution in [3.8, 4) is 0 Å². The van der Waals surface area contributed by atoms with E-state index in [0.717, 1.165) is 0 Å². The molecule has 0 rings (SSSR count). The van der Waals surface area contributed by atoms with Gasteiger partial charge in [0.1, 0.15) is 0 Å². The summed E-state index contributed by atoms with van der Waals surface area (Å²) >= 11 is -0.757. The second-order valence-electron chi connectivity index (χ2n) is 1.32. The zero-order valence-electron chi connectivity index (χ0n) is 4.96. The quantitative estimate of drug-likeness (QED) is 0.670. The molecule has 0 aromatic rings. The van der Waals surface area contributed by atoms with E-state index in [2.05, 4.69) is 5.73 Å². The predicted molar refractivity (Wildman–Crippen MR) is 36.5 cm³/mol. The summed E-state index contributed by atoms with van der Waals surface area (Å²) in [4.78, 5) is 9.73. The van der Waals surface area contributed by atoms with Crippen molar-refractivity contribution in [1.29, 1.82) is 0 Å². The van der Waals surface area contributed by atoms with Gasteiger partial charge in [-0.25, -0.2) is 4.79 Å². The molecule has 3 nitrogen and oxygen atoms in total. The fraction of sp³-hybridized carbons (Fsp3) is 0.667. The van der Waals surface area contributed by atoms with Crippen molar-refractivity contribution >= 4 is 30.1 Å². The molecular formula is C3H5ClF3NO2S. The molecule has 0 bridgehead atoms. The van der Waals surface area contributed by atoms with Crippen LogP contribution in [0.2, 0.25) is 0 Å². The van der Waals surface area contributed by atoms with Crippen LogP contribution in [-0.2, 0) is 4.79 Å². The first-order chi connectivity index (χ1) is 4.33. The number of carboxylic acids is 1. The van der Waals surface area contributed by atoms with Crippen LogP contribution in [0.4, 0.5) is 13.2 Å². The lowest BCUT2D eigenvalue weighted by atomic mass is 10.7. The number of carbonyl (C=O) groups is 1. The summed E-state index contributed by atoms with van der Waals surface area (Å²) in [5.74, 6) is -1.68. The molecule has 0 saturated heterocycles. The van der Waals surface area contributed by atoms with E-state index >= 15 is 0 Å². The maximum atomic E-state index is 11.3. The smallest absolute Gasteiger partial charge is 0.443 e. The van der Waals surface area contributed by atoms with Crippen molar-refractivity contribution in [2.75, 3.05) is 0 Å². The third-order valence-electron chi connectivity index (χ3n) is 0.504. The van der Waals surface area contributed by atoms with Gasteiger partial charge in [-0.05, 0) is 11.8 Å². The molecule has 68 valence electrons. The summed E-state index contributed by atoms with van der Waals surface area (Å²) in [6, 6.07) is 0. The topological polar surface area (TPSA) is 63.3 Å². The lowest BCUT2D eigenvalue weighted by molar-refractivity contribution is -0.136. The van der Waals surface area contributed by atoms with Crippen LogP contribution < -0.4 is 5.73 Å². The van der Waals surface area contributed by atoms with E-state index in [-0.39, 0.29) is 12.4 Å². The van der Waals surface area contributed by atoms with E-state index in [1.807, 2.05) is 0 Å². The minimum absolute atomic E-state index is 0. The Bertz CT molecular complexity index is 141. The molecule has 0 fully saturated rings. The second-order valence-corrected chi connectivity index (χ2v) is 2.53. The highest BCUT2D eigenvalue weighted by Crippen LogP contribution is 2.31. The third kappa shape index (κ3) is 7.76. The van der Waals surface area contributed by atoms with Crippen LogP contribution >= 0.6 is 24.2 Å². The fourth-order valence-corrected chi connectivity index (χ4v) is 0.583. The maximum Gasteiger partial charge on any atom is 0.443 e. The van der Waals surface area contributed by atoms with Gasteiger partial charge in [0, 0.05) is 0 Å². The molecule has 0 radical (unpaired) electrons. The summed E-state index contributed by atoms with van der Waals surface area (Å²) in [7, 11) is 0. The Morgan fingerprint density at radius 2 is 1.91 bits per heavy atom. The van der Waals surface area contributed by atoms with Crippen LogP contribution in [0, 0.1) is 0 Å². The van der Waals surface area contributed by atoms with Gasteiger partial charge in [0.2, 0.25) is 0 Å². The number of aliphatic carboxylic acids is 1. The van der Waals surface area contributed by atoms with E-state index in [9.17, 15) is 18.0 Å². The highest BCUT2D eigenvalue weighted by molar-refractivity contribution is 8.01. The van der Waals surface area contributed by atoms with Gasteiger partial charge in [0.15, 0.2) is 5.37 Å². The Balaban J connectivity index is 0. The number of thioether (sulfide) groups is 1. The first kappa shape index (κ1) is 13.4. The highest BCUT2D eigenvalue weighted by Gasteiger charge is 2.34. The number of nitrogens with two attached hydrogens (primary N) is 1. The number of rotatable bonds is 2. The summed E-state index contributed by atoms with van der Waals surface area (Å²) in [5.41, 5.74) is -0.0395. The molecule has 0 spiro atoms. The molecule has 0 aliphatic carbocycles.